The summed E-state index contributed by atoms with van der Waals surface area (Å²) in [5, 5.41) is 14.0. The van der Waals surface area contributed by atoms with Gasteiger partial charge in [-0.3, -0.25) is 0 Å². The third-order valence-electron chi connectivity index (χ3n) is 4.72. The van der Waals surface area contributed by atoms with E-state index in [1.165, 1.54) is 32.1 Å². The first-order valence-electron chi connectivity index (χ1n) is 8.54. The summed E-state index contributed by atoms with van der Waals surface area (Å²) in [4.78, 5) is 11.9. The second-order valence-electron chi connectivity index (χ2n) is 6.48. The fourth-order valence-electron chi connectivity index (χ4n) is 3.49. The zero-order valence-electron chi connectivity index (χ0n) is 13.7. The molecular formula is C19H18ClN5. The van der Waals surface area contributed by atoms with Crippen molar-refractivity contribution in [1.29, 1.82) is 5.26 Å². The highest BCUT2D eigenvalue weighted by Gasteiger charge is 2.15. The summed E-state index contributed by atoms with van der Waals surface area (Å²) >= 11 is 6.27. The first kappa shape index (κ1) is 15.9. The quantitative estimate of drug-likeness (QED) is 0.658. The Hall–Kier alpha value is -2.58. The van der Waals surface area contributed by atoms with Crippen LogP contribution in [0, 0.1) is 11.3 Å². The van der Waals surface area contributed by atoms with Crippen LogP contribution in [-0.4, -0.2) is 21.0 Å². The van der Waals surface area contributed by atoms with Crippen molar-refractivity contribution in [2.24, 2.45) is 0 Å². The number of nitrogens with one attached hydrogen (secondary N) is 2. The Balaban J connectivity index is 1.71. The van der Waals surface area contributed by atoms with Gasteiger partial charge >= 0.3 is 0 Å². The molecule has 4 rings (SSSR count). The molecule has 1 saturated carbocycles. The fraction of sp³-hybridized carbons (Fsp3) is 0.316. The molecule has 0 bridgehead atoms. The zero-order chi connectivity index (χ0) is 17.2. The molecule has 1 aliphatic rings. The summed E-state index contributed by atoms with van der Waals surface area (Å²) < 4.78 is 0. The van der Waals surface area contributed by atoms with Crippen molar-refractivity contribution in [2.75, 3.05) is 5.32 Å². The van der Waals surface area contributed by atoms with E-state index < -0.39 is 0 Å². The molecule has 0 saturated heterocycles. The molecule has 3 aromatic heterocycles. The average Bonchev–Trinajstić information content (AvgIpc) is 3.05. The van der Waals surface area contributed by atoms with Crippen LogP contribution in [0.2, 0.25) is 5.15 Å². The largest absolute Gasteiger partial charge is 0.367 e. The average molecular weight is 352 g/mol. The lowest BCUT2D eigenvalue weighted by atomic mass is 9.95. The molecule has 0 aromatic carbocycles. The third-order valence-corrected chi connectivity index (χ3v) is 4.92. The van der Waals surface area contributed by atoms with Crippen molar-refractivity contribution >= 4 is 28.5 Å². The van der Waals surface area contributed by atoms with E-state index in [1.807, 2.05) is 24.4 Å². The number of rotatable bonds is 3. The minimum Gasteiger partial charge on any atom is -0.367 e. The molecule has 6 heteroatoms. The summed E-state index contributed by atoms with van der Waals surface area (Å²) in [5.74, 6) is 0.799. The highest BCUT2D eigenvalue weighted by Crippen LogP contribution is 2.32. The van der Waals surface area contributed by atoms with E-state index in [4.69, 9.17) is 16.9 Å². The minimum absolute atomic E-state index is 0.453. The van der Waals surface area contributed by atoms with Crippen molar-refractivity contribution in [2.45, 2.75) is 38.1 Å². The number of nitriles is 1. The number of hydrogen-bond acceptors (Lipinski definition) is 4. The van der Waals surface area contributed by atoms with Gasteiger partial charge in [0, 0.05) is 29.4 Å². The standard InChI is InChI=1S/C19H18ClN5/c20-17-7-13(8-18(25-17)24-14-4-2-1-3-5-14)16-11-23-19-15(16)6-12(9-21)10-22-19/h6-8,10-11,14H,1-5H2,(H,22,23)(H,24,25). The van der Waals surface area contributed by atoms with Gasteiger partial charge in [-0.15, -0.1) is 0 Å². The molecule has 25 heavy (non-hydrogen) atoms. The van der Waals surface area contributed by atoms with Crippen molar-refractivity contribution in [1.82, 2.24) is 15.0 Å². The second kappa shape index (κ2) is 6.73. The number of hydrogen-bond donors (Lipinski definition) is 2. The van der Waals surface area contributed by atoms with Gasteiger partial charge in [-0.05, 0) is 36.6 Å². The van der Waals surface area contributed by atoms with Crippen LogP contribution in [0.25, 0.3) is 22.2 Å². The maximum atomic E-state index is 9.13. The number of pyridine rings is 2. The Morgan fingerprint density at radius 1 is 1.20 bits per heavy atom. The number of anilines is 1. The van der Waals surface area contributed by atoms with Crippen molar-refractivity contribution in [3.8, 4) is 17.2 Å². The number of H-pyrrole nitrogens is 1. The Bertz CT molecular complexity index is 950. The number of aromatic nitrogens is 3. The first-order valence-corrected chi connectivity index (χ1v) is 8.92. The van der Waals surface area contributed by atoms with Crippen LogP contribution < -0.4 is 5.32 Å². The van der Waals surface area contributed by atoms with E-state index in [0.29, 0.717) is 16.8 Å². The smallest absolute Gasteiger partial charge is 0.137 e. The van der Waals surface area contributed by atoms with E-state index in [1.54, 1.807) is 6.20 Å². The second-order valence-corrected chi connectivity index (χ2v) is 6.86. The van der Waals surface area contributed by atoms with Gasteiger partial charge < -0.3 is 10.3 Å². The number of aromatic amines is 1. The third kappa shape index (κ3) is 3.31. The molecule has 3 heterocycles. The van der Waals surface area contributed by atoms with Gasteiger partial charge in [0.2, 0.25) is 0 Å². The maximum absolute atomic E-state index is 9.13. The predicted octanol–water partition coefficient (Wildman–Crippen LogP) is 4.89. The summed E-state index contributed by atoms with van der Waals surface area (Å²) in [6.45, 7) is 0. The van der Waals surface area contributed by atoms with Crippen LogP contribution >= 0.6 is 11.6 Å². The minimum atomic E-state index is 0.453. The lowest BCUT2D eigenvalue weighted by Gasteiger charge is -2.23. The first-order chi connectivity index (χ1) is 12.2. The van der Waals surface area contributed by atoms with Gasteiger partial charge in [0.25, 0.3) is 0 Å². The van der Waals surface area contributed by atoms with Gasteiger partial charge in [-0.2, -0.15) is 5.26 Å². The van der Waals surface area contributed by atoms with Crippen molar-refractivity contribution in [3.63, 3.8) is 0 Å². The van der Waals surface area contributed by atoms with Crippen LogP contribution in [0.1, 0.15) is 37.7 Å². The van der Waals surface area contributed by atoms with E-state index in [2.05, 4.69) is 26.3 Å². The van der Waals surface area contributed by atoms with E-state index in [0.717, 1.165) is 28.0 Å². The monoisotopic (exact) mass is 351 g/mol. The Morgan fingerprint density at radius 3 is 2.84 bits per heavy atom. The zero-order valence-corrected chi connectivity index (χ0v) is 14.5. The van der Waals surface area contributed by atoms with Gasteiger partial charge in [-0.25, -0.2) is 9.97 Å². The number of halogens is 1. The molecule has 126 valence electrons. The molecule has 2 N–H and O–H groups in total. The summed E-state index contributed by atoms with van der Waals surface area (Å²) in [5.41, 5.74) is 3.22. The van der Waals surface area contributed by atoms with Crippen molar-refractivity contribution in [3.05, 3.63) is 41.3 Å². The van der Waals surface area contributed by atoms with Gasteiger partial charge in [0.1, 0.15) is 22.7 Å². The molecule has 1 fully saturated rings. The van der Waals surface area contributed by atoms with Crippen molar-refractivity contribution < 1.29 is 0 Å². The lowest BCUT2D eigenvalue weighted by Crippen LogP contribution is -2.22. The van der Waals surface area contributed by atoms with Crippen LogP contribution in [0.5, 0.6) is 0 Å². The fourth-order valence-corrected chi connectivity index (χ4v) is 3.69. The topological polar surface area (TPSA) is 77.4 Å². The summed E-state index contributed by atoms with van der Waals surface area (Å²) in [6, 6.07) is 8.30. The molecule has 0 aliphatic heterocycles. The van der Waals surface area contributed by atoms with E-state index in [9.17, 15) is 0 Å². The summed E-state index contributed by atoms with van der Waals surface area (Å²) in [6.07, 6.45) is 9.65. The highest BCUT2D eigenvalue weighted by molar-refractivity contribution is 6.29. The molecule has 0 spiro atoms. The Kier molecular flexibility index (Phi) is 4.29. The summed E-state index contributed by atoms with van der Waals surface area (Å²) in [7, 11) is 0. The molecule has 3 aromatic rings. The van der Waals surface area contributed by atoms with E-state index in [-0.39, 0.29) is 0 Å². The molecular weight excluding hydrogens is 334 g/mol. The Labute approximate surface area is 151 Å². The number of fused-ring (bicyclic) bond motifs is 1. The number of nitrogens with zero attached hydrogens (tertiary/aromatic N) is 3. The lowest BCUT2D eigenvalue weighted by molar-refractivity contribution is 0.462. The van der Waals surface area contributed by atoms with Gasteiger partial charge in [-0.1, -0.05) is 30.9 Å². The predicted molar refractivity (Wildman–Crippen MR) is 99.5 cm³/mol. The van der Waals surface area contributed by atoms with Gasteiger partial charge in [0.15, 0.2) is 0 Å². The van der Waals surface area contributed by atoms with Crippen LogP contribution in [-0.2, 0) is 0 Å². The maximum Gasteiger partial charge on any atom is 0.137 e. The van der Waals surface area contributed by atoms with Gasteiger partial charge in [0.05, 0.1) is 5.56 Å². The van der Waals surface area contributed by atoms with E-state index >= 15 is 0 Å². The molecule has 0 radical (unpaired) electrons. The molecule has 0 atom stereocenters. The molecule has 5 nitrogen and oxygen atoms in total. The van der Waals surface area contributed by atoms with Crippen LogP contribution in [0.3, 0.4) is 0 Å². The molecule has 1 aliphatic carbocycles. The highest BCUT2D eigenvalue weighted by atomic mass is 35.5. The van der Waals surface area contributed by atoms with Crippen LogP contribution in [0.15, 0.2) is 30.6 Å². The SMILES string of the molecule is N#Cc1cnc2[nH]cc(-c3cc(Cl)nc(NC4CCCCC4)c3)c2c1. The normalized spacial score (nSPS) is 15.2. The molecule has 0 amide bonds. The molecule has 0 unspecified atom stereocenters. The Morgan fingerprint density at radius 2 is 2.04 bits per heavy atom. The van der Waals surface area contributed by atoms with Crippen LogP contribution in [0.4, 0.5) is 5.82 Å².